The highest BCUT2D eigenvalue weighted by molar-refractivity contribution is 6.08. The molecule has 2 N–H and O–H groups in total. The molecule has 0 aliphatic rings. The highest BCUT2D eigenvalue weighted by atomic mass is 19.4. The van der Waals surface area contributed by atoms with Crippen LogP contribution in [-0.4, -0.2) is 23.6 Å². The van der Waals surface area contributed by atoms with Crippen LogP contribution in [-0.2, 0) is 12.8 Å². The van der Waals surface area contributed by atoms with Crippen LogP contribution in [0.25, 0.3) is 0 Å². The average Bonchev–Trinajstić information content (AvgIpc) is 2.68. The van der Waals surface area contributed by atoms with Gasteiger partial charge in [-0.1, -0.05) is 24.3 Å². The zero-order valence-corrected chi connectivity index (χ0v) is 15.5. The van der Waals surface area contributed by atoms with Crippen molar-refractivity contribution < 1.29 is 18.0 Å². The van der Waals surface area contributed by atoms with Crippen molar-refractivity contribution in [1.82, 2.24) is 4.98 Å². The maximum atomic E-state index is 12.7. The van der Waals surface area contributed by atoms with E-state index in [-0.39, 0.29) is 11.5 Å². The minimum atomic E-state index is -4.30. The van der Waals surface area contributed by atoms with E-state index in [1.165, 1.54) is 18.2 Å². The molecule has 0 saturated carbocycles. The maximum Gasteiger partial charge on any atom is 0.393 e. The molecule has 0 aliphatic heterocycles. The molecule has 1 heterocycles. The van der Waals surface area contributed by atoms with E-state index in [1.807, 2.05) is 18.2 Å². The Bertz CT molecular complexity index is 959. The molecule has 29 heavy (non-hydrogen) atoms. The molecule has 0 aliphatic carbocycles. The van der Waals surface area contributed by atoms with Crippen molar-refractivity contribution in [1.29, 1.82) is 0 Å². The average molecular weight is 399 g/mol. The van der Waals surface area contributed by atoms with E-state index >= 15 is 0 Å². The normalized spacial score (nSPS) is 11.1. The molecular formula is C22H20F3N3O. The molecule has 1 amide bonds. The van der Waals surface area contributed by atoms with Crippen LogP contribution in [0, 0.1) is 0 Å². The number of amides is 1. The summed E-state index contributed by atoms with van der Waals surface area (Å²) >= 11 is 0. The number of nitrogens with zero attached hydrogens (tertiary/aromatic N) is 1. The van der Waals surface area contributed by atoms with Crippen molar-refractivity contribution in [3.05, 3.63) is 89.7 Å². The first-order chi connectivity index (χ1) is 13.9. The Morgan fingerprint density at radius 3 is 2.45 bits per heavy atom. The number of anilines is 2. The Balaban J connectivity index is 1.66. The van der Waals surface area contributed by atoms with E-state index in [4.69, 9.17) is 0 Å². The number of nitrogens with one attached hydrogen (secondary N) is 2. The standard InChI is InChI=1S/C22H20F3N3O/c23-22(24,25)15-17-4-3-5-18(14-17)28-21(29)19-6-1-2-7-20(19)27-13-10-16-8-11-26-12-9-16/h1-9,11-12,14,27H,10,13,15H2,(H,28,29). The largest absolute Gasteiger partial charge is 0.393 e. The summed E-state index contributed by atoms with van der Waals surface area (Å²) < 4.78 is 37.8. The number of hydrogen-bond acceptors (Lipinski definition) is 3. The molecule has 1 aromatic heterocycles. The molecule has 0 unspecified atom stereocenters. The molecule has 3 rings (SSSR count). The van der Waals surface area contributed by atoms with Gasteiger partial charge in [0.1, 0.15) is 0 Å². The maximum absolute atomic E-state index is 12.7. The summed E-state index contributed by atoms with van der Waals surface area (Å²) in [5.74, 6) is -0.388. The zero-order valence-electron chi connectivity index (χ0n) is 15.5. The number of pyridine rings is 1. The number of carbonyl (C=O) groups excluding carboxylic acids is 1. The summed E-state index contributed by atoms with van der Waals surface area (Å²) in [5, 5.41) is 5.92. The number of aromatic nitrogens is 1. The molecule has 150 valence electrons. The van der Waals surface area contributed by atoms with Gasteiger partial charge in [-0.25, -0.2) is 0 Å². The lowest BCUT2D eigenvalue weighted by atomic mass is 10.1. The van der Waals surface area contributed by atoms with Gasteiger partial charge in [-0.2, -0.15) is 13.2 Å². The van der Waals surface area contributed by atoms with Gasteiger partial charge in [0.2, 0.25) is 0 Å². The van der Waals surface area contributed by atoms with Gasteiger partial charge in [0.25, 0.3) is 5.91 Å². The molecule has 2 aromatic carbocycles. The summed E-state index contributed by atoms with van der Waals surface area (Å²) in [6.45, 7) is 0.620. The van der Waals surface area contributed by atoms with Gasteiger partial charge >= 0.3 is 6.18 Å². The van der Waals surface area contributed by atoms with Crippen LogP contribution in [0.2, 0.25) is 0 Å². The van der Waals surface area contributed by atoms with E-state index in [1.54, 1.807) is 36.7 Å². The molecule has 0 fully saturated rings. The molecular weight excluding hydrogens is 379 g/mol. The Kier molecular flexibility index (Phi) is 6.49. The quantitative estimate of drug-likeness (QED) is 0.582. The first kappa shape index (κ1) is 20.4. The Labute approximate surface area is 166 Å². The lowest BCUT2D eigenvalue weighted by Crippen LogP contribution is -2.16. The van der Waals surface area contributed by atoms with Crippen LogP contribution in [0.3, 0.4) is 0 Å². The minimum Gasteiger partial charge on any atom is -0.384 e. The number of carbonyl (C=O) groups is 1. The molecule has 3 aromatic rings. The van der Waals surface area contributed by atoms with E-state index in [0.717, 1.165) is 12.0 Å². The first-order valence-electron chi connectivity index (χ1n) is 9.09. The second-order valence-electron chi connectivity index (χ2n) is 6.52. The van der Waals surface area contributed by atoms with Gasteiger partial charge < -0.3 is 10.6 Å². The molecule has 0 saturated heterocycles. The van der Waals surface area contributed by atoms with E-state index in [0.29, 0.717) is 23.5 Å². The lowest BCUT2D eigenvalue weighted by molar-refractivity contribution is -0.127. The van der Waals surface area contributed by atoms with E-state index in [2.05, 4.69) is 15.6 Å². The van der Waals surface area contributed by atoms with Crippen molar-refractivity contribution in [2.45, 2.75) is 19.0 Å². The second-order valence-corrected chi connectivity index (χ2v) is 6.52. The smallest absolute Gasteiger partial charge is 0.384 e. The fourth-order valence-corrected chi connectivity index (χ4v) is 2.92. The molecule has 0 bridgehead atoms. The van der Waals surface area contributed by atoms with E-state index < -0.39 is 12.6 Å². The Morgan fingerprint density at radius 1 is 0.931 bits per heavy atom. The molecule has 7 heteroatoms. The fraction of sp³-hybridized carbons (Fsp3) is 0.182. The third kappa shape index (κ3) is 6.34. The van der Waals surface area contributed by atoms with Crippen LogP contribution in [0.1, 0.15) is 21.5 Å². The number of rotatable bonds is 7. The number of hydrogen-bond donors (Lipinski definition) is 2. The summed E-state index contributed by atoms with van der Waals surface area (Å²) in [7, 11) is 0. The minimum absolute atomic E-state index is 0.0964. The second kappa shape index (κ2) is 9.23. The van der Waals surface area contributed by atoms with Crippen LogP contribution in [0.5, 0.6) is 0 Å². The van der Waals surface area contributed by atoms with Crippen LogP contribution in [0.4, 0.5) is 24.5 Å². The van der Waals surface area contributed by atoms with Gasteiger partial charge in [-0.3, -0.25) is 9.78 Å². The predicted octanol–water partition coefficient (Wildman–Crippen LogP) is 5.09. The van der Waals surface area contributed by atoms with Crippen LogP contribution < -0.4 is 10.6 Å². The van der Waals surface area contributed by atoms with Crippen LogP contribution in [0.15, 0.2) is 73.1 Å². The van der Waals surface area contributed by atoms with E-state index in [9.17, 15) is 18.0 Å². The van der Waals surface area contributed by atoms with Crippen molar-refractivity contribution >= 4 is 17.3 Å². The van der Waals surface area contributed by atoms with Crippen molar-refractivity contribution in [2.75, 3.05) is 17.2 Å². The third-order valence-electron chi connectivity index (χ3n) is 4.24. The summed E-state index contributed by atoms with van der Waals surface area (Å²) in [6.07, 6.45) is -1.12. The summed E-state index contributed by atoms with van der Waals surface area (Å²) in [6, 6.07) is 16.7. The Hall–Kier alpha value is -3.35. The van der Waals surface area contributed by atoms with Gasteiger partial charge in [0.15, 0.2) is 0 Å². The number of halogens is 3. The molecule has 0 atom stereocenters. The first-order valence-corrected chi connectivity index (χ1v) is 9.09. The van der Waals surface area contributed by atoms with Gasteiger partial charge in [0, 0.05) is 30.3 Å². The third-order valence-corrected chi connectivity index (χ3v) is 4.24. The number of para-hydroxylation sites is 1. The predicted molar refractivity (Wildman–Crippen MR) is 107 cm³/mol. The van der Waals surface area contributed by atoms with Crippen molar-refractivity contribution in [2.24, 2.45) is 0 Å². The molecule has 0 radical (unpaired) electrons. The Morgan fingerprint density at radius 2 is 1.69 bits per heavy atom. The zero-order chi connectivity index (χ0) is 20.7. The SMILES string of the molecule is O=C(Nc1cccc(CC(F)(F)F)c1)c1ccccc1NCCc1ccncc1. The van der Waals surface area contributed by atoms with Gasteiger partial charge in [0.05, 0.1) is 12.0 Å². The molecule has 0 spiro atoms. The monoisotopic (exact) mass is 399 g/mol. The molecule has 4 nitrogen and oxygen atoms in total. The van der Waals surface area contributed by atoms with Crippen molar-refractivity contribution in [3.63, 3.8) is 0 Å². The number of benzene rings is 2. The topological polar surface area (TPSA) is 54.0 Å². The van der Waals surface area contributed by atoms with Gasteiger partial charge in [-0.05, 0) is 53.9 Å². The summed E-state index contributed by atoms with van der Waals surface area (Å²) in [4.78, 5) is 16.7. The van der Waals surface area contributed by atoms with Crippen LogP contribution >= 0.6 is 0 Å². The van der Waals surface area contributed by atoms with Gasteiger partial charge in [-0.15, -0.1) is 0 Å². The lowest BCUT2D eigenvalue weighted by Gasteiger charge is -2.13. The fourth-order valence-electron chi connectivity index (χ4n) is 2.92. The highest BCUT2D eigenvalue weighted by Gasteiger charge is 2.27. The number of alkyl halides is 3. The highest BCUT2D eigenvalue weighted by Crippen LogP contribution is 2.23. The van der Waals surface area contributed by atoms with Crippen molar-refractivity contribution in [3.8, 4) is 0 Å². The summed E-state index contributed by atoms with van der Waals surface area (Å²) in [5.41, 5.74) is 2.62.